The Bertz CT molecular complexity index is 564. The van der Waals surface area contributed by atoms with Gasteiger partial charge in [-0.3, -0.25) is 4.79 Å². The molecule has 1 aromatic carbocycles. The van der Waals surface area contributed by atoms with E-state index < -0.39 is 12.0 Å². The first-order valence-corrected chi connectivity index (χ1v) is 6.14. The molecule has 1 saturated heterocycles. The van der Waals surface area contributed by atoms with Crippen molar-refractivity contribution in [2.75, 3.05) is 6.54 Å². The zero-order chi connectivity index (χ0) is 14.0. The standard InChI is InChI=1S/C14H12ClNO3/c1-2-9-6-12(17)16(8-9)13(14(18)19)10-4-3-5-11(15)7-10/h1,3-5,7,9,13H,6,8H2,(H,18,19). The molecular weight excluding hydrogens is 266 g/mol. The number of carbonyl (C=O) groups excluding carboxylic acids is 1. The number of amides is 1. The maximum atomic E-state index is 11.9. The second-order valence-electron chi connectivity index (χ2n) is 4.41. The van der Waals surface area contributed by atoms with Gasteiger partial charge in [0.15, 0.2) is 6.04 Å². The monoisotopic (exact) mass is 277 g/mol. The van der Waals surface area contributed by atoms with Crippen LogP contribution in [0.4, 0.5) is 0 Å². The first-order chi connectivity index (χ1) is 9.02. The van der Waals surface area contributed by atoms with E-state index in [2.05, 4.69) is 5.92 Å². The third kappa shape index (κ3) is 2.72. The lowest BCUT2D eigenvalue weighted by molar-refractivity contribution is -0.148. The quantitative estimate of drug-likeness (QED) is 0.859. The summed E-state index contributed by atoms with van der Waals surface area (Å²) in [6.45, 7) is 0.263. The number of nitrogens with zero attached hydrogens (tertiary/aromatic N) is 1. The molecule has 1 amide bonds. The SMILES string of the molecule is C#CC1CC(=O)N(C(C(=O)O)c2cccc(Cl)c2)C1. The molecule has 0 bridgehead atoms. The van der Waals surface area contributed by atoms with Crippen molar-refractivity contribution in [2.45, 2.75) is 12.5 Å². The average Bonchev–Trinajstić information content (AvgIpc) is 2.71. The second kappa shape index (κ2) is 5.33. The fourth-order valence-corrected chi connectivity index (χ4v) is 2.42. The Balaban J connectivity index is 2.35. The number of hydrogen-bond donors (Lipinski definition) is 1. The number of benzene rings is 1. The van der Waals surface area contributed by atoms with Crippen LogP contribution in [-0.4, -0.2) is 28.4 Å². The van der Waals surface area contributed by atoms with Crippen molar-refractivity contribution in [1.29, 1.82) is 0 Å². The molecule has 4 nitrogen and oxygen atoms in total. The van der Waals surface area contributed by atoms with E-state index in [0.717, 1.165) is 0 Å². The van der Waals surface area contributed by atoms with E-state index >= 15 is 0 Å². The zero-order valence-corrected chi connectivity index (χ0v) is 10.8. The Labute approximate surface area is 116 Å². The number of terminal acetylenes is 1. The molecule has 19 heavy (non-hydrogen) atoms. The predicted molar refractivity (Wildman–Crippen MR) is 70.5 cm³/mol. The second-order valence-corrected chi connectivity index (χ2v) is 4.85. The summed E-state index contributed by atoms with van der Waals surface area (Å²) in [5.74, 6) is 0.941. The Morgan fingerprint density at radius 1 is 1.58 bits per heavy atom. The maximum Gasteiger partial charge on any atom is 0.331 e. The molecule has 0 radical (unpaired) electrons. The van der Waals surface area contributed by atoms with E-state index in [-0.39, 0.29) is 24.8 Å². The van der Waals surface area contributed by atoms with Gasteiger partial charge in [0.25, 0.3) is 0 Å². The molecule has 1 fully saturated rings. The van der Waals surface area contributed by atoms with Gasteiger partial charge in [-0.1, -0.05) is 23.7 Å². The van der Waals surface area contributed by atoms with Crippen LogP contribution in [0.3, 0.4) is 0 Å². The topological polar surface area (TPSA) is 57.6 Å². The van der Waals surface area contributed by atoms with Gasteiger partial charge in [0.2, 0.25) is 5.91 Å². The number of halogens is 1. The highest BCUT2D eigenvalue weighted by molar-refractivity contribution is 6.30. The van der Waals surface area contributed by atoms with E-state index in [9.17, 15) is 14.7 Å². The highest BCUT2D eigenvalue weighted by Crippen LogP contribution is 2.29. The fourth-order valence-electron chi connectivity index (χ4n) is 2.23. The van der Waals surface area contributed by atoms with Crippen molar-refractivity contribution in [3.05, 3.63) is 34.9 Å². The van der Waals surface area contributed by atoms with Gasteiger partial charge < -0.3 is 10.0 Å². The average molecular weight is 278 g/mol. The lowest BCUT2D eigenvalue weighted by Gasteiger charge is -2.24. The van der Waals surface area contributed by atoms with Crippen LogP contribution in [0.1, 0.15) is 18.0 Å². The highest BCUT2D eigenvalue weighted by atomic mass is 35.5. The molecule has 2 rings (SSSR count). The summed E-state index contributed by atoms with van der Waals surface area (Å²) < 4.78 is 0. The first-order valence-electron chi connectivity index (χ1n) is 5.76. The number of carboxylic acid groups (broad SMARTS) is 1. The number of carboxylic acids is 1. The van der Waals surface area contributed by atoms with Crippen LogP contribution in [0.2, 0.25) is 5.02 Å². The Kier molecular flexibility index (Phi) is 3.77. The van der Waals surface area contributed by atoms with Crippen LogP contribution in [0.15, 0.2) is 24.3 Å². The largest absolute Gasteiger partial charge is 0.479 e. The Morgan fingerprint density at radius 3 is 2.84 bits per heavy atom. The fraction of sp³-hybridized carbons (Fsp3) is 0.286. The molecule has 0 spiro atoms. The van der Waals surface area contributed by atoms with E-state index in [4.69, 9.17) is 18.0 Å². The maximum absolute atomic E-state index is 11.9. The molecule has 98 valence electrons. The normalized spacial score (nSPS) is 20.1. The van der Waals surface area contributed by atoms with Gasteiger partial charge in [0.1, 0.15) is 0 Å². The minimum Gasteiger partial charge on any atom is -0.479 e. The van der Waals surface area contributed by atoms with Crippen LogP contribution in [-0.2, 0) is 9.59 Å². The summed E-state index contributed by atoms with van der Waals surface area (Å²) in [7, 11) is 0. The summed E-state index contributed by atoms with van der Waals surface area (Å²) >= 11 is 5.86. The third-order valence-electron chi connectivity index (χ3n) is 3.10. The van der Waals surface area contributed by atoms with Crippen molar-refractivity contribution in [1.82, 2.24) is 4.90 Å². The van der Waals surface area contributed by atoms with Gasteiger partial charge in [-0.25, -0.2) is 4.79 Å². The minimum atomic E-state index is -1.09. The van der Waals surface area contributed by atoms with Crippen molar-refractivity contribution in [2.24, 2.45) is 5.92 Å². The molecule has 1 heterocycles. The number of aliphatic carboxylic acids is 1. The summed E-state index contributed by atoms with van der Waals surface area (Å²) in [4.78, 5) is 24.6. The summed E-state index contributed by atoms with van der Waals surface area (Å²) in [6.07, 6.45) is 5.50. The zero-order valence-electron chi connectivity index (χ0n) is 10.0. The first kappa shape index (κ1) is 13.4. The van der Waals surface area contributed by atoms with E-state index in [1.54, 1.807) is 24.3 Å². The summed E-state index contributed by atoms with van der Waals surface area (Å²) in [5.41, 5.74) is 0.478. The van der Waals surface area contributed by atoms with Crippen molar-refractivity contribution in [3.8, 4) is 12.3 Å². The predicted octanol–water partition coefficient (Wildman–Crippen LogP) is 1.95. The molecule has 1 N–H and O–H groups in total. The molecule has 2 unspecified atom stereocenters. The van der Waals surface area contributed by atoms with Crippen molar-refractivity contribution in [3.63, 3.8) is 0 Å². The van der Waals surface area contributed by atoms with Gasteiger partial charge in [-0.2, -0.15) is 0 Å². The number of carbonyl (C=O) groups is 2. The number of rotatable bonds is 3. The smallest absolute Gasteiger partial charge is 0.331 e. The molecule has 0 aromatic heterocycles. The molecule has 1 aromatic rings. The van der Waals surface area contributed by atoms with Gasteiger partial charge >= 0.3 is 5.97 Å². The summed E-state index contributed by atoms with van der Waals surface area (Å²) in [6, 6.07) is 5.47. The molecule has 1 aliphatic rings. The Hall–Kier alpha value is -1.99. The molecule has 0 aliphatic carbocycles. The number of hydrogen-bond acceptors (Lipinski definition) is 2. The molecule has 1 aliphatic heterocycles. The van der Waals surface area contributed by atoms with E-state index in [1.807, 2.05) is 0 Å². The highest BCUT2D eigenvalue weighted by Gasteiger charge is 2.37. The van der Waals surface area contributed by atoms with Crippen molar-refractivity contribution < 1.29 is 14.7 Å². The van der Waals surface area contributed by atoms with Crippen LogP contribution in [0.25, 0.3) is 0 Å². The van der Waals surface area contributed by atoms with Crippen molar-refractivity contribution >= 4 is 23.5 Å². The van der Waals surface area contributed by atoms with Crippen LogP contribution >= 0.6 is 11.6 Å². The van der Waals surface area contributed by atoms with Crippen LogP contribution < -0.4 is 0 Å². The van der Waals surface area contributed by atoms with Crippen LogP contribution in [0, 0.1) is 18.3 Å². The van der Waals surface area contributed by atoms with E-state index in [1.165, 1.54) is 4.90 Å². The lowest BCUT2D eigenvalue weighted by Crippen LogP contribution is -2.35. The summed E-state index contributed by atoms with van der Waals surface area (Å²) in [5, 5.41) is 9.80. The Morgan fingerprint density at radius 2 is 2.32 bits per heavy atom. The molecule has 5 heteroatoms. The third-order valence-corrected chi connectivity index (χ3v) is 3.34. The number of likely N-dealkylation sites (tertiary alicyclic amines) is 1. The van der Waals surface area contributed by atoms with Gasteiger partial charge in [-0.05, 0) is 17.7 Å². The molecule has 2 atom stereocenters. The lowest BCUT2D eigenvalue weighted by atomic mass is 10.1. The van der Waals surface area contributed by atoms with Crippen LogP contribution in [0.5, 0.6) is 0 Å². The molecular formula is C14H12ClNO3. The van der Waals surface area contributed by atoms with Gasteiger partial charge in [0, 0.05) is 23.9 Å². The van der Waals surface area contributed by atoms with Gasteiger partial charge in [-0.15, -0.1) is 12.3 Å². The van der Waals surface area contributed by atoms with E-state index in [0.29, 0.717) is 10.6 Å². The minimum absolute atomic E-state index is 0.195. The van der Waals surface area contributed by atoms with Gasteiger partial charge in [0.05, 0.1) is 0 Å². The molecule has 0 saturated carbocycles.